The molecule has 3 nitrogen and oxygen atoms in total. The van der Waals surface area contributed by atoms with Crippen LogP contribution >= 0.6 is 11.3 Å². The average Bonchev–Trinajstić information content (AvgIpc) is 2.82. The van der Waals surface area contributed by atoms with E-state index in [0.29, 0.717) is 0 Å². The summed E-state index contributed by atoms with van der Waals surface area (Å²) in [6.45, 7) is 3.96. The second-order valence-corrected chi connectivity index (χ2v) is 5.77. The lowest BCUT2D eigenvalue weighted by Gasteiger charge is -2.23. The summed E-state index contributed by atoms with van der Waals surface area (Å²) in [5.74, 6) is 0.371. The van der Waals surface area contributed by atoms with Crippen molar-refractivity contribution in [2.75, 3.05) is 13.1 Å². The molecule has 94 valence electrons. The second-order valence-electron chi connectivity index (χ2n) is 4.74. The Bertz CT molecular complexity index is 344. The van der Waals surface area contributed by atoms with Crippen molar-refractivity contribution in [1.82, 2.24) is 10.6 Å². The maximum atomic E-state index is 12.0. The van der Waals surface area contributed by atoms with Crippen LogP contribution in [0.25, 0.3) is 0 Å². The van der Waals surface area contributed by atoms with E-state index in [4.69, 9.17) is 0 Å². The van der Waals surface area contributed by atoms with Gasteiger partial charge in [0.1, 0.15) is 0 Å². The van der Waals surface area contributed by atoms with E-state index in [1.165, 1.54) is 4.88 Å². The van der Waals surface area contributed by atoms with Crippen molar-refractivity contribution >= 4 is 17.2 Å². The number of carbonyl (C=O) groups excluding carboxylic acids is 1. The van der Waals surface area contributed by atoms with Crippen LogP contribution in [0.3, 0.4) is 0 Å². The van der Waals surface area contributed by atoms with E-state index in [2.05, 4.69) is 35.1 Å². The van der Waals surface area contributed by atoms with Crippen LogP contribution in [-0.2, 0) is 11.2 Å². The summed E-state index contributed by atoms with van der Waals surface area (Å²) >= 11 is 1.75. The summed E-state index contributed by atoms with van der Waals surface area (Å²) in [5, 5.41) is 8.47. The summed E-state index contributed by atoms with van der Waals surface area (Å²) < 4.78 is 0. The van der Waals surface area contributed by atoms with Gasteiger partial charge in [0.25, 0.3) is 0 Å². The zero-order chi connectivity index (χ0) is 12.1. The van der Waals surface area contributed by atoms with Gasteiger partial charge in [-0.25, -0.2) is 0 Å². The highest BCUT2D eigenvalue weighted by Crippen LogP contribution is 2.13. The number of rotatable bonds is 4. The minimum Gasteiger partial charge on any atom is -0.353 e. The quantitative estimate of drug-likeness (QED) is 0.858. The van der Waals surface area contributed by atoms with Crippen molar-refractivity contribution in [3.8, 4) is 0 Å². The standard InChI is InChI=1S/C13H20N2OS/c1-10(8-12-5-3-7-17-12)15-13(16)11-4-2-6-14-9-11/h3,5,7,10-11,14H,2,4,6,8-9H2,1H3,(H,15,16)/t10?,11-/m0/s1. The first-order chi connectivity index (χ1) is 8.25. The van der Waals surface area contributed by atoms with Crippen LogP contribution < -0.4 is 10.6 Å². The van der Waals surface area contributed by atoms with Gasteiger partial charge in [0.15, 0.2) is 0 Å². The number of amides is 1. The summed E-state index contributed by atoms with van der Waals surface area (Å²) in [6.07, 6.45) is 3.06. The van der Waals surface area contributed by atoms with E-state index < -0.39 is 0 Å². The SMILES string of the molecule is CC(Cc1cccs1)NC(=O)[C@H]1CCCNC1. The normalized spacial score (nSPS) is 22.1. The van der Waals surface area contributed by atoms with Crippen LogP contribution in [0.4, 0.5) is 0 Å². The van der Waals surface area contributed by atoms with Gasteiger partial charge in [-0.2, -0.15) is 0 Å². The lowest BCUT2D eigenvalue weighted by molar-refractivity contribution is -0.126. The Labute approximate surface area is 107 Å². The molecule has 0 spiro atoms. The van der Waals surface area contributed by atoms with Crippen LogP contribution in [0.2, 0.25) is 0 Å². The molecule has 17 heavy (non-hydrogen) atoms. The predicted molar refractivity (Wildman–Crippen MR) is 71.2 cm³/mol. The maximum Gasteiger partial charge on any atom is 0.224 e. The Morgan fingerprint density at radius 2 is 2.59 bits per heavy atom. The van der Waals surface area contributed by atoms with Crippen molar-refractivity contribution in [3.05, 3.63) is 22.4 Å². The molecule has 1 aromatic heterocycles. The van der Waals surface area contributed by atoms with E-state index in [1.807, 2.05) is 0 Å². The smallest absolute Gasteiger partial charge is 0.224 e. The van der Waals surface area contributed by atoms with Gasteiger partial charge >= 0.3 is 0 Å². The molecule has 1 aliphatic rings. The molecule has 2 heterocycles. The van der Waals surface area contributed by atoms with Gasteiger partial charge in [-0.15, -0.1) is 11.3 Å². The van der Waals surface area contributed by atoms with Gasteiger partial charge in [-0.1, -0.05) is 6.07 Å². The molecule has 0 aliphatic carbocycles. The van der Waals surface area contributed by atoms with Crippen molar-refractivity contribution in [2.45, 2.75) is 32.2 Å². The van der Waals surface area contributed by atoms with Crippen molar-refractivity contribution in [3.63, 3.8) is 0 Å². The molecule has 1 aromatic rings. The Morgan fingerprint density at radius 3 is 3.24 bits per heavy atom. The zero-order valence-electron chi connectivity index (χ0n) is 10.2. The van der Waals surface area contributed by atoms with E-state index in [-0.39, 0.29) is 17.9 Å². The number of hydrogen-bond donors (Lipinski definition) is 2. The molecule has 2 rings (SSSR count). The molecule has 2 N–H and O–H groups in total. The highest BCUT2D eigenvalue weighted by Gasteiger charge is 2.21. The van der Waals surface area contributed by atoms with E-state index in [0.717, 1.165) is 32.4 Å². The van der Waals surface area contributed by atoms with Crippen LogP contribution in [0.15, 0.2) is 17.5 Å². The van der Waals surface area contributed by atoms with Crippen molar-refractivity contribution < 1.29 is 4.79 Å². The molecule has 2 atom stereocenters. The van der Waals surface area contributed by atoms with Gasteiger partial charge < -0.3 is 10.6 Å². The first-order valence-corrected chi connectivity index (χ1v) is 7.17. The monoisotopic (exact) mass is 252 g/mol. The molecular weight excluding hydrogens is 232 g/mol. The molecule has 1 fully saturated rings. The van der Waals surface area contributed by atoms with Gasteiger partial charge in [0, 0.05) is 23.9 Å². The average molecular weight is 252 g/mol. The zero-order valence-corrected chi connectivity index (χ0v) is 11.1. The Morgan fingerprint density at radius 1 is 1.71 bits per heavy atom. The molecule has 1 amide bonds. The molecule has 4 heteroatoms. The fraction of sp³-hybridized carbons (Fsp3) is 0.615. The molecule has 1 aliphatic heterocycles. The number of carbonyl (C=O) groups is 1. The molecule has 0 bridgehead atoms. The van der Waals surface area contributed by atoms with Gasteiger partial charge in [0.2, 0.25) is 5.91 Å². The van der Waals surface area contributed by atoms with Gasteiger partial charge in [-0.05, 0) is 37.8 Å². The molecule has 0 saturated carbocycles. The minimum absolute atomic E-state index is 0.162. The molecule has 1 unspecified atom stereocenters. The fourth-order valence-electron chi connectivity index (χ4n) is 2.22. The van der Waals surface area contributed by atoms with Crippen LogP contribution in [0, 0.1) is 5.92 Å². The topological polar surface area (TPSA) is 41.1 Å². The molecule has 0 radical (unpaired) electrons. The summed E-state index contributed by atoms with van der Waals surface area (Å²) in [5.41, 5.74) is 0. The Hall–Kier alpha value is -0.870. The maximum absolute atomic E-state index is 12.0. The first-order valence-electron chi connectivity index (χ1n) is 6.29. The highest BCUT2D eigenvalue weighted by molar-refractivity contribution is 7.09. The van der Waals surface area contributed by atoms with Crippen LogP contribution in [-0.4, -0.2) is 25.0 Å². The second kappa shape index (κ2) is 6.17. The lowest BCUT2D eigenvalue weighted by atomic mass is 9.98. The van der Waals surface area contributed by atoms with Gasteiger partial charge in [0.05, 0.1) is 5.92 Å². The third-order valence-corrected chi connectivity index (χ3v) is 4.04. The van der Waals surface area contributed by atoms with Gasteiger partial charge in [-0.3, -0.25) is 4.79 Å². The fourth-order valence-corrected chi connectivity index (χ4v) is 3.05. The Balaban J connectivity index is 1.77. The summed E-state index contributed by atoms with van der Waals surface area (Å²) in [6, 6.07) is 4.40. The third-order valence-electron chi connectivity index (χ3n) is 3.14. The van der Waals surface area contributed by atoms with Crippen LogP contribution in [0.5, 0.6) is 0 Å². The van der Waals surface area contributed by atoms with Crippen molar-refractivity contribution in [1.29, 1.82) is 0 Å². The van der Waals surface area contributed by atoms with E-state index in [1.54, 1.807) is 11.3 Å². The van der Waals surface area contributed by atoms with E-state index >= 15 is 0 Å². The van der Waals surface area contributed by atoms with E-state index in [9.17, 15) is 4.79 Å². The number of thiophene rings is 1. The number of piperidine rings is 1. The van der Waals surface area contributed by atoms with Crippen molar-refractivity contribution in [2.24, 2.45) is 5.92 Å². The Kier molecular flexibility index (Phi) is 4.57. The lowest BCUT2D eigenvalue weighted by Crippen LogP contribution is -2.44. The largest absolute Gasteiger partial charge is 0.353 e. The third kappa shape index (κ3) is 3.82. The minimum atomic E-state index is 0.162. The summed E-state index contributed by atoms with van der Waals surface area (Å²) in [7, 11) is 0. The highest BCUT2D eigenvalue weighted by atomic mass is 32.1. The molecular formula is C13H20N2OS. The predicted octanol–water partition coefficient (Wildman–Crippen LogP) is 1.79. The molecule has 1 saturated heterocycles. The molecule has 0 aromatic carbocycles. The first kappa shape index (κ1) is 12.6. The summed E-state index contributed by atoms with van der Waals surface area (Å²) in [4.78, 5) is 13.3. The number of hydrogen-bond acceptors (Lipinski definition) is 3. The number of nitrogens with one attached hydrogen (secondary N) is 2. The van der Waals surface area contributed by atoms with Crippen LogP contribution in [0.1, 0.15) is 24.6 Å².